The van der Waals surface area contributed by atoms with Gasteiger partial charge < -0.3 is 15.0 Å². The summed E-state index contributed by atoms with van der Waals surface area (Å²) in [4.78, 5) is 21.4. The van der Waals surface area contributed by atoms with Gasteiger partial charge in [-0.05, 0) is 45.7 Å². The van der Waals surface area contributed by atoms with Gasteiger partial charge in [-0.2, -0.15) is 0 Å². The number of carbonyl (C=O) groups excluding carboxylic acids is 1. The lowest BCUT2D eigenvalue weighted by molar-refractivity contribution is -0.149. The molecule has 1 saturated heterocycles. The Morgan fingerprint density at radius 1 is 1.39 bits per heavy atom. The fourth-order valence-corrected chi connectivity index (χ4v) is 3.55. The molecule has 1 N–H and O–H groups in total. The van der Waals surface area contributed by atoms with E-state index in [-0.39, 0.29) is 11.9 Å². The molecule has 1 aromatic heterocycles. The first-order valence-electron chi connectivity index (χ1n) is 8.39. The number of ether oxygens (including phenoxy) is 1. The number of likely N-dealkylation sites (tertiary alicyclic amines) is 1. The third kappa shape index (κ3) is 5.23. The molecule has 23 heavy (non-hydrogen) atoms. The van der Waals surface area contributed by atoms with Crippen LogP contribution in [0, 0.1) is 12.8 Å². The van der Waals surface area contributed by atoms with E-state index < -0.39 is 0 Å². The SMILES string of the molecule is CCNC(=NCc1ccc(C)s1)N1CCC(C(=O)OCC)CC1. The number of nitrogens with one attached hydrogen (secondary N) is 1. The topological polar surface area (TPSA) is 53.9 Å². The normalized spacial score (nSPS) is 16.5. The highest BCUT2D eigenvalue weighted by Gasteiger charge is 2.27. The van der Waals surface area contributed by atoms with E-state index in [1.807, 2.05) is 6.92 Å². The maximum absolute atomic E-state index is 11.8. The summed E-state index contributed by atoms with van der Waals surface area (Å²) in [5, 5.41) is 3.36. The highest BCUT2D eigenvalue weighted by Crippen LogP contribution is 2.20. The van der Waals surface area contributed by atoms with Crippen molar-refractivity contribution in [2.75, 3.05) is 26.2 Å². The standard InChI is InChI=1S/C17H27N3O2S/c1-4-18-17(19-12-15-7-6-13(3)23-15)20-10-8-14(9-11-20)16(21)22-5-2/h6-7,14H,4-5,8-12H2,1-3H3,(H,18,19). The van der Waals surface area contributed by atoms with Crippen molar-refractivity contribution >= 4 is 23.3 Å². The van der Waals surface area contributed by atoms with E-state index in [0.717, 1.165) is 38.4 Å². The molecule has 1 fully saturated rings. The summed E-state index contributed by atoms with van der Waals surface area (Å²) in [6, 6.07) is 4.27. The lowest BCUT2D eigenvalue weighted by Gasteiger charge is -2.33. The van der Waals surface area contributed by atoms with Crippen LogP contribution in [0.5, 0.6) is 0 Å². The van der Waals surface area contributed by atoms with Crippen LogP contribution >= 0.6 is 11.3 Å². The van der Waals surface area contributed by atoms with Gasteiger partial charge in [0.05, 0.1) is 19.1 Å². The summed E-state index contributed by atoms with van der Waals surface area (Å²) < 4.78 is 5.13. The Morgan fingerprint density at radius 2 is 2.13 bits per heavy atom. The summed E-state index contributed by atoms with van der Waals surface area (Å²) in [6.07, 6.45) is 1.67. The highest BCUT2D eigenvalue weighted by atomic mass is 32.1. The van der Waals surface area contributed by atoms with Gasteiger partial charge in [-0.3, -0.25) is 4.79 Å². The minimum Gasteiger partial charge on any atom is -0.466 e. The molecule has 0 spiro atoms. The molecule has 1 aliphatic rings. The van der Waals surface area contributed by atoms with Gasteiger partial charge in [0, 0.05) is 29.4 Å². The summed E-state index contributed by atoms with van der Waals surface area (Å²) in [5.41, 5.74) is 0. The van der Waals surface area contributed by atoms with Crippen LogP contribution < -0.4 is 5.32 Å². The third-order valence-electron chi connectivity index (χ3n) is 3.93. The van der Waals surface area contributed by atoms with Crippen LogP contribution in [-0.2, 0) is 16.1 Å². The van der Waals surface area contributed by atoms with E-state index in [1.54, 1.807) is 11.3 Å². The lowest BCUT2D eigenvalue weighted by atomic mass is 9.97. The summed E-state index contributed by atoms with van der Waals surface area (Å²) in [7, 11) is 0. The van der Waals surface area contributed by atoms with Crippen LogP contribution in [0.3, 0.4) is 0 Å². The largest absolute Gasteiger partial charge is 0.466 e. The second-order valence-electron chi connectivity index (χ2n) is 5.70. The molecule has 1 aromatic rings. The van der Waals surface area contributed by atoms with Crippen molar-refractivity contribution in [1.82, 2.24) is 10.2 Å². The van der Waals surface area contributed by atoms with Crippen molar-refractivity contribution in [3.8, 4) is 0 Å². The first-order chi connectivity index (χ1) is 11.1. The predicted octanol–water partition coefficient (Wildman–Crippen LogP) is 2.80. The van der Waals surface area contributed by atoms with Gasteiger partial charge >= 0.3 is 5.97 Å². The van der Waals surface area contributed by atoms with E-state index >= 15 is 0 Å². The Labute approximate surface area is 142 Å². The quantitative estimate of drug-likeness (QED) is 0.510. The maximum Gasteiger partial charge on any atom is 0.309 e. The molecular formula is C17H27N3O2S. The average molecular weight is 337 g/mol. The van der Waals surface area contributed by atoms with E-state index in [2.05, 4.69) is 36.2 Å². The van der Waals surface area contributed by atoms with Gasteiger partial charge in [0.2, 0.25) is 0 Å². The number of hydrogen-bond donors (Lipinski definition) is 1. The van der Waals surface area contributed by atoms with Gasteiger partial charge in [-0.1, -0.05) is 0 Å². The van der Waals surface area contributed by atoms with E-state index in [4.69, 9.17) is 9.73 Å². The molecule has 5 nitrogen and oxygen atoms in total. The first-order valence-corrected chi connectivity index (χ1v) is 9.20. The number of esters is 1. The molecule has 0 radical (unpaired) electrons. The van der Waals surface area contributed by atoms with Crippen molar-refractivity contribution in [3.63, 3.8) is 0 Å². The number of guanidine groups is 1. The predicted molar refractivity (Wildman–Crippen MR) is 94.8 cm³/mol. The van der Waals surface area contributed by atoms with Crippen LogP contribution in [-0.4, -0.2) is 43.1 Å². The zero-order valence-electron chi connectivity index (χ0n) is 14.3. The summed E-state index contributed by atoms with van der Waals surface area (Å²) in [6.45, 7) is 9.76. The Hall–Kier alpha value is -1.56. The van der Waals surface area contributed by atoms with Crippen molar-refractivity contribution in [2.24, 2.45) is 10.9 Å². The number of piperidine rings is 1. The van der Waals surface area contributed by atoms with Gasteiger partial charge in [0.15, 0.2) is 5.96 Å². The van der Waals surface area contributed by atoms with Gasteiger partial charge in [-0.25, -0.2) is 4.99 Å². The number of carbonyl (C=O) groups is 1. The minimum atomic E-state index is -0.0526. The first kappa shape index (κ1) is 17.8. The molecule has 6 heteroatoms. The zero-order valence-corrected chi connectivity index (χ0v) is 15.1. The van der Waals surface area contributed by atoms with Crippen LogP contribution in [0.1, 0.15) is 36.4 Å². The molecule has 2 heterocycles. The molecule has 0 bridgehead atoms. The molecule has 0 unspecified atom stereocenters. The van der Waals surface area contributed by atoms with Crippen molar-refractivity contribution in [1.29, 1.82) is 0 Å². The Kier molecular flexibility index (Phi) is 6.89. The van der Waals surface area contributed by atoms with Gasteiger partial charge in [-0.15, -0.1) is 11.3 Å². The molecule has 0 aliphatic carbocycles. The van der Waals surface area contributed by atoms with Crippen LogP contribution in [0.15, 0.2) is 17.1 Å². The van der Waals surface area contributed by atoms with Crippen LogP contribution in [0.4, 0.5) is 0 Å². The number of rotatable bonds is 5. The molecule has 0 aromatic carbocycles. The maximum atomic E-state index is 11.8. The number of aliphatic imine (C=N–C) groups is 1. The van der Waals surface area contributed by atoms with Crippen LogP contribution in [0.25, 0.3) is 0 Å². The fraction of sp³-hybridized carbons (Fsp3) is 0.647. The van der Waals surface area contributed by atoms with Gasteiger partial charge in [0.25, 0.3) is 0 Å². The van der Waals surface area contributed by atoms with Crippen molar-refractivity contribution in [3.05, 3.63) is 21.9 Å². The third-order valence-corrected chi connectivity index (χ3v) is 4.92. The lowest BCUT2D eigenvalue weighted by Crippen LogP contribution is -2.46. The second kappa shape index (κ2) is 8.91. The monoisotopic (exact) mass is 337 g/mol. The number of thiophene rings is 1. The number of hydrogen-bond acceptors (Lipinski definition) is 4. The average Bonchev–Trinajstić information content (AvgIpc) is 2.97. The fourth-order valence-electron chi connectivity index (χ4n) is 2.74. The molecule has 1 aliphatic heterocycles. The molecule has 0 saturated carbocycles. The Balaban J connectivity index is 1.92. The molecule has 128 valence electrons. The molecule has 0 amide bonds. The smallest absolute Gasteiger partial charge is 0.309 e. The molecule has 0 atom stereocenters. The van der Waals surface area contributed by atoms with E-state index in [1.165, 1.54) is 9.75 Å². The van der Waals surface area contributed by atoms with Gasteiger partial charge in [0.1, 0.15) is 0 Å². The minimum absolute atomic E-state index is 0.0361. The van der Waals surface area contributed by atoms with E-state index in [0.29, 0.717) is 13.2 Å². The number of nitrogens with zero attached hydrogens (tertiary/aromatic N) is 2. The molecule has 2 rings (SSSR count). The van der Waals surface area contributed by atoms with Crippen molar-refractivity contribution < 1.29 is 9.53 Å². The van der Waals surface area contributed by atoms with E-state index in [9.17, 15) is 4.79 Å². The highest BCUT2D eigenvalue weighted by molar-refractivity contribution is 7.11. The Bertz CT molecular complexity index is 534. The number of aryl methyl sites for hydroxylation is 1. The van der Waals surface area contributed by atoms with Crippen molar-refractivity contribution in [2.45, 2.75) is 40.2 Å². The summed E-state index contributed by atoms with van der Waals surface area (Å²) >= 11 is 1.79. The second-order valence-corrected chi connectivity index (χ2v) is 7.07. The Morgan fingerprint density at radius 3 is 2.70 bits per heavy atom. The summed E-state index contributed by atoms with van der Waals surface area (Å²) in [5.74, 6) is 0.929. The van der Waals surface area contributed by atoms with Crippen LogP contribution in [0.2, 0.25) is 0 Å². The molecular weight excluding hydrogens is 310 g/mol. The zero-order chi connectivity index (χ0) is 16.7.